The van der Waals surface area contributed by atoms with Gasteiger partial charge in [0.05, 0.1) is 0 Å². The smallest absolute Gasteiger partial charge is 0.134 e. The van der Waals surface area contributed by atoms with E-state index in [0.717, 1.165) is 27.9 Å². The van der Waals surface area contributed by atoms with Crippen LogP contribution in [0.25, 0.3) is 16.5 Å². The lowest BCUT2D eigenvalue weighted by atomic mass is 10.0. The number of furan rings is 1. The van der Waals surface area contributed by atoms with Crippen molar-refractivity contribution in [2.45, 2.75) is 13.0 Å². The van der Waals surface area contributed by atoms with Crippen molar-refractivity contribution in [2.24, 2.45) is 5.73 Å². The van der Waals surface area contributed by atoms with Crippen LogP contribution in [0.1, 0.15) is 24.3 Å². The predicted octanol–water partition coefficient (Wildman–Crippen LogP) is 4.96. The van der Waals surface area contributed by atoms with Gasteiger partial charge in [-0.2, -0.15) is 0 Å². The van der Waals surface area contributed by atoms with Crippen LogP contribution in [0.5, 0.6) is 0 Å². The maximum absolute atomic E-state index is 6.21. The molecule has 1 aromatic heterocycles. The molecule has 0 aliphatic rings. The monoisotopic (exact) mass is 299 g/mol. The Labute approximate surface area is 130 Å². The summed E-state index contributed by atoms with van der Waals surface area (Å²) in [4.78, 5) is 0. The number of fused-ring (bicyclic) bond motifs is 1. The summed E-state index contributed by atoms with van der Waals surface area (Å²) < 4.78 is 5.84. The minimum atomic E-state index is -0.121. The fourth-order valence-electron chi connectivity index (χ4n) is 2.30. The Hall–Kier alpha value is -2.03. The maximum atomic E-state index is 6.21. The van der Waals surface area contributed by atoms with E-state index in [4.69, 9.17) is 10.2 Å². The standard InChI is InChI=1S/C18H17NO.ClH/c1-13(11-16(19)14-7-3-2-4-8-14)18-12-15-9-5-6-10-17(15)20-18;/h2-12,16H,19H2,1H3;1H. The molecule has 0 aliphatic heterocycles. The van der Waals surface area contributed by atoms with E-state index in [1.165, 1.54) is 0 Å². The van der Waals surface area contributed by atoms with E-state index < -0.39 is 0 Å². The minimum absolute atomic E-state index is 0. The van der Waals surface area contributed by atoms with Crippen LogP contribution in [-0.2, 0) is 0 Å². The first kappa shape index (κ1) is 15.4. The molecule has 3 heteroatoms. The van der Waals surface area contributed by atoms with E-state index in [1.807, 2.05) is 67.6 Å². The summed E-state index contributed by atoms with van der Waals surface area (Å²) in [6.45, 7) is 2.03. The lowest BCUT2D eigenvalue weighted by molar-refractivity contribution is 0.598. The fraction of sp³-hybridized carbons (Fsp3) is 0.111. The molecule has 2 nitrogen and oxygen atoms in total. The zero-order chi connectivity index (χ0) is 13.9. The molecule has 0 bridgehead atoms. The zero-order valence-electron chi connectivity index (χ0n) is 11.8. The molecule has 0 spiro atoms. The van der Waals surface area contributed by atoms with Crippen molar-refractivity contribution < 1.29 is 4.42 Å². The zero-order valence-corrected chi connectivity index (χ0v) is 12.6. The van der Waals surface area contributed by atoms with Gasteiger partial charge in [0.1, 0.15) is 11.3 Å². The fourth-order valence-corrected chi connectivity index (χ4v) is 2.30. The van der Waals surface area contributed by atoms with Crippen molar-refractivity contribution >= 4 is 28.9 Å². The van der Waals surface area contributed by atoms with Crippen LogP contribution in [0.4, 0.5) is 0 Å². The van der Waals surface area contributed by atoms with Crippen LogP contribution in [0.15, 0.2) is 71.2 Å². The van der Waals surface area contributed by atoms with E-state index in [1.54, 1.807) is 0 Å². The van der Waals surface area contributed by atoms with E-state index in [-0.39, 0.29) is 18.4 Å². The summed E-state index contributed by atoms with van der Waals surface area (Å²) in [7, 11) is 0. The van der Waals surface area contributed by atoms with Gasteiger partial charge < -0.3 is 10.2 Å². The summed E-state index contributed by atoms with van der Waals surface area (Å²) in [6.07, 6.45) is 2.03. The van der Waals surface area contributed by atoms with Crippen LogP contribution >= 0.6 is 12.4 Å². The molecule has 1 unspecified atom stereocenters. The van der Waals surface area contributed by atoms with Crippen molar-refractivity contribution in [1.29, 1.82) is 0 Å². The van der Waals surface area contributed by atoms with E-state index in [9.17, 15) is 0 Å². The average molecular weight is 300 g/mol. The van der Waals surface area contributed by atoms with E-state index in [0.29, 0.717) is 0 Å². The summed E-state index contributed by atoms with van der Waals surface area (Å²) in [5, 5.41) is 1.11. The van der Waals surface area contributed by atoms with Gasteiger partial charge in [0.2, 0.25) is 0 Å². The molecule has 2 aromatic carbocycles. The van der Waals surface area contributed by atoms with Gasteiger partial charge in [-0.1, -0.05) is 54.6 Å². The molecule has 0 saturated carbocycles. The SMILES string of the molecule is CC(=CC(N)c1ccccc1)c1cc2ccccc2o1.Cl. The number of nitrogens with two attached hydrogens (primary N) is 1. The second-order valence-electron chi connectivity index (χ2n) is 4.93. The van der Waals surface area contributed by atoms with Gasteiger partial charge in [-0.3, -0.25) is 0 Å². The molecule has 0 amide bonds. The van der Waals surface area contributed by atoms with Gasteiger partial charge in [-0.05, 0) is 30.2 Å². The molecular formula is C18H18ClNO. The number of hydrogen-bond donors (Lipinski definition) is 1. The highest BCUT2D eigenvalue weighted by Crippen LogP contribution is 2.26. The number of benzene rings is 2. The van der Waals surface area contributed by atoms with Gasteiger partial charge in [0, 0.05) is 11.4 Å². The Morgan fingerprint density at radius 2 is 1.71 bits per heavy atom. The molecule has 0 saturated heterocycles. The van der Waals surface area contributed by atoms with Gasteiger partial charge in [0.25, 0.3) is 0 Å². The third-order valence-corrected chi connectivity index (χ3v) is 3.43. The highest BCUT2D eigenvalue weighted by molar-refractivity contribution is 5.85. The van der Waals surface area contributed by atoms with Crippen LogP contribution in [0.3, 0.4) is 0 Å². The van der Waals surface area contributed by atoms with Gasteiger partial charge >= 0.3 is 0 Å². The van der Waals surface area contributed by atoms with Crippen molar-refractivity contribution in [3.63, 3.8) is 0 Å². The maximum Gasteiger partial charge on any atom is 0.134 e. The van der Waals surface area contributed by atoms with Crippen LogP contribution in [-0.4, -0.2) is 0 Å². The summed E-state index contributed by atoms with van der Waals surface area (Å²) in [6, 6.07) is 20.0. The Balaban J connectivity index is 0.00000161. The van der Waals surface area contributed by atoms with Crippen molar-refractivity contribution in [1.82, 2.24) is 0 Å². The van der Waals surface area contributed by atoms with Gasteiger partial charge in [-0.15, -0.1) is 12.4 Å². The predicted molar refractivity (Wildman–Crippen MR) is 90.5 cm³/mol. The van der Waals surface area contributed by atoms with E-state index in [2.05, 4.69) is 6.07 Å². The number of hydrogen-bond acceptors (Lipinski definition) is 2. The second kappa shape index (κ2) is 6.61. The normalized spacial score (nSPS) is 13.0. The lowest BCUT2D eigenvalue weighted by Gasteiger charge is -2.08. The van der Waals surface area contributed by atoms with Gasteiger partial charge in [-0.25, -0.2) is 0 Å². The Bertz CT molecular complexity index is 713. The average Bonchev–Trinajstić information content (AvgIpc) is 2.92. The molecule has 108 valence electrons. The molecule has 0 radical (unpaired) electrons. The number of para-hydroxylation sites is 1. The molecule has 3 rings (SSSR count). The number of halogens is 1. The first-order valence-electron chi connectivity index (χ1n) is 6.72. The highest BCUT2D eigenvalue weighted by atomic mass is 35.5. The highest BCUT2D eigenvalue weighted by Gasteiger charge is 2.07. The quantitative estimate of drug-likeness (QED) is 0.742. The molecule has 2 N–H and O–H groups in total. The minimum Gasteiger partial charge on any atom is -0.456 e. The van der Waals surface area contributed by atoms with Crippen LogP contribution in [0.2, 0.25) is 0 Å². The Morgan fingerprint density at radius 3 is 2.43 bits per heavy atom. The van der Waals surface area contributed by atoms with Crippen LogP contribution in [0, 0.1) is 0 Å². The molecule has 1 heterocycles. The molecule has 1 atom stereocenters. The van der Waals surface area contributed by atoms with Crippen molar-refractivity contribution in [3.8, 4) is 0 Å². The first-order chi connectivity index (χ1) is 9.74. The largest absolute Gasteiger partial charge is 0.456 e. The van der Waals surface area contributed by atoms with Crippen molar-refractivity contribution in [2.75, 3.05) is 0 Å². The Kier molecular flexibility index (Phi) is 4.84. The van der Waals surface area contributed by atoms with Gasteiger partial charge in [0.15, 0.2) is 0 Å². The topological polar surface area (TPSA) is 39.2 Å². The van der Waals surface area contributed by atoms with Crippen LogP contribution < -0.4 is 5.73 Å². The second-order valence-corrected chi connectivity index (χ2v) is 4.93. The lowest BCUT2D eigenvalue weighted by Crippen LogP contribution is -2.07. The molecular weight excluding hydrogens is 282 g/mol. The number of allylic oxidation sites excluding steroid dienone is 1. The van der Waals surface area contributed by atoms with E-state index >= 15 is 0 Å². The third-order valence-electron chi connectivity index (χ3n) is 3.43. The molecule has 0 fully saturated rings. The van der Waals surface area contributed by atoms with Crippen molar-refractivity contribution in [3.05, 3.63) is 78.1 Å². The first-order valence-corrected chi connectivity index (χ1v) is 6.72. The summed E-state index contributed by atoms with van der Waals surface area (Å²) in [5.41, 5.74) is 9.27. The summed E-state index contributed by atoms with van der Waals surface area (Å²) >= 11 is 0. The Morgan fingerprint density at radius 1 is 1.05 bits per heavy atom. The number of rotatable bonds is 3. The molecule has 3 aromatic rings. The third kappa shape index (κ3) is 3.35. The summed E-state index contributed by atoms with van der Waals surface area (Å²) in [5.74, 6) is 0.873. The molecule has 21 heavy (non-hydrogen) atoms. The molecule has 0 aliphatic carbocycles.